The number of pyridine rings is 1. The second-order valence-corrected chi connectivity index (χ2v) is 9.14. The average molecular weight is 368 g/mol. The van der Waals surface area contributed by atoms with Gasteiger partial charge in [-0.3, -0.25) is 4.98 Å². The number of fused-ring (bicyclic) bond motifs is 1. The maximum atomic E-state index is 6.11. The molecule has 1 aliphatic rings. The van der Waals surface area contributed by atoms with Crippen molar-refractivity contribution in [1.29, 1.82) is 0 Å². The first-order valence-corrected chi connectivity index (χ1v) is 10.0. The van der Waals surface area contributed by atoms with E-state index in [0.29, 0.717) is 24.4 Å². The summed E-state index contributed by atoms with van der Waals surface area (Å²) in [7, 11) is 1.73. The van der Waals surface area contributed by atoms with E-state index in [4.69, 9.17) is 9.47 Å². The van der Waals surface area contributed by atoms with Crippen LogP contribution in [0.15, 0.2) is 36.7 Å². The number of nitrogens with zero attached hydrogens (tertiary/aromatic N) is 1. The van der Waals surface area contributed by atoms with Crippen molar-refractivity contribution in [1.82, 2.24) is 4.98 Å². The molecular weight excluding hydrogens is 334 g/mol. The predicted molar refractivity (Wildman–Crippen MR) is 110 cm³/mol. The number of rotatable bonds is 5. The van der Waals surface area contributed by atoms with Crippen LogP contribution < -0.4 is 9.47 Å². The number of methoxy groups -OCH3 is 1. The third kappa shape index (κ3) is 4.28. The van der Waals surface area contributed by atoms with Gasteiger partial charge in [0, 0.05) is 18.0 Å². The Bertz CT molecular complexity index is 762. The van der Waals surface area contributed by atoms with Crippen LogP contribution in [0.5, 0.6) is 11.5 Å². The van der Waals surface area contributed by atoms with Crippen molar-refractivity contribution in [3.8, 4) is 11.5 Å². The molecular formula is C24H33NO2. The number of aromatic nitrogens is 1. The lowest BCUT2D eigenvalue weighted by Gasteiger charge is -2.44. The zero-order chi connectivity index (χ0) is 19.6. The Hall–Kier alpha value is -2.03. The first-order chi connectivity index (χ1) is 12.8. The lowest BCUT2D eigenvalue weighted by molar-refractivity contribution is 0.169. The van der Waals surface area contributed by atoms with Gasteiger partial charge >= 0.3 is 0 Å². The third-order valence-corrected chi connectivity index (χ3v) is 5.84. The van der Waals surface area contributed by atoms with E-state index in [2.05, 4.69) is 51.7 Å². The van der Waals surface area contributed by atoms with Gasteiger partial charge in [-0.2, -0.15) is 0 Å². The van der Waals surface area contributed by atoms with Crippen LogP contribution in [0, 0.1) is 17.3 Å². The first-order valence-electron chi connectivity index (χ1n) is 10.0. The molecule has 0 spiro atoms. The monoisotopic (exact) mass is 367 g/mol. The number of aryl methyl sites for hydroxylation is 1. The normalized spacial score (nSPS) is 19.7. The highest BCUT2D eigenvalue weighted by Gasteiger charge is 2.39. The summed E-state index contributed by atoms with van der Waals surface area (Å²) in [6, 6.07) is 8.40. The molecule has 0 bridgehead atoms. The largest absolute Gasteiger partial charge is 0.493 e. The van der Waals surface area contributed by atoms with E-state index in [1.54, 1.807) is 13.3 Å². The summed E-state index contributed by atoms with van der Waals surface area (Å²) >= 11 is 0. The van der Waals surface area contributed by atoms with Crippen LogP contribution in [0.4, 0.5) is 0 Å². The van der Waals surface area contributed by atoms with E-state index in [1.807, 2.05) is 18.3 Å². The zero-order valence-electron chi connectivity index (χ0n) is 17.6. The summed E-state index contributed by atoms with van der Waals surface area (Å²) in [6.07, 6.45) is 5.97. The summed E-state index contributed by atoms with van der Waals surface area (Å²) in [6.45, 7) is 12.3. The maximum absolute atomic E-state index is 6.11. The average Bonchev–Trinajstić information content (AvgIpc) is 2.64. The van der Waals surface area contributed by atoms with Crippen molar-refractivity contribution >= 4 is 0 Å². The smallest absolute Gasteiger partial charge is 0.161 e. The molecule has 0 saturated heterocycles. The van der Waals surface area contributed by atoms with Gasteiger partial charge in [-0.25, -0.2) is 0 Å². The van der Waals surface area contributed by atoms with Gasteiger partial charge in [-0.05, 0) is 65.3 Å². The molecule has 1 aliphatic carbocycles. The molecule has 3 rings (SSSR count). The van der Waals surface area contributed by atoms with Gasteiger partial charge in [-0.1, -0.05) is 40.7 Å². The van der Waals surface area contributed by atoms with Crippen molar-refractivity contribution in [3.05, 3.63) is 53.3 Å². The van der Waals surface area contributed by atoms with Crippen LogP contribution in [-0.4, -0.2) is 12.1 Å². The molecule has 2 unspecified atom stereocenters. The van der Waals surface area contributed by atoms with Gasteiger partial charge in [0.15, 0.2) is 11.5 Å². The molecule has 0 amide bonds. The predicted octanol–water partition coefficient (Wildman–Crippen LogP) is 6.02. The molecule has 0 N–H and O–H groups in total. The Morgan fingerprint density at radius 1 is 1.19 bits per heavy atom. The van der Waals surface area contributed by atoms with Crippen molar-refractivity contribution in [2.45, 2.75) is 60.0 Å². The molecule has 146 valence electrons. The fourth-order valence-electron chi connectivity index (χ4n) is 4.59. The highest BCUT2D eigenvalue weighted by Crippen LogP contribution is 2.51. The molecule has 3 nitrogen and oxygen atoms in total. The van der Waals surface area contributed by atoms with Gasteiger partial charge in [0.2, 0.25) is 0 Å². The van der Waals surface area contributed by atoms with Crippen LogP contribution in [0.2, 0.25) is 0 Å². The van der Waals surface area contributed by atoms with Crippen molar-refractivity contribution in [2.24, 2.45) is 17.3 Å². The lowest BCUT2D eigenvalue weighted by atomic mass is 9.61. The molecule has 27 heavy (non-hydrogen) atoms. The van der Waals surface area contributed by atoms with E-state index in [1.165, 1.54) is 17.5 Å². The van der Waals surface area contributed by atoms with Gasteiger partial charge in [0.05, 0.1) is 7.11 Å². The first kappa shape index (κ1) is 19.7. The van der Waals surface area contributed by atoms with Crippen molar-refractivity contribution < 1.29 is 9.47 Å². The molecule has 0 fully saturated rings. The number of hydrogen-bond donors (Lipinski definition) is 0. The molecule has 0 radical (unpaired) electrons. The minimum absolute atomic E-state index is 0.215. The van der Waals surface area contributed by atoms with Crippen LogP contribution in [0.1, 0.15) is 63.6 Å². The Morgan fingerprint density at radius 3 is 2.56 bits per heavy atom. The van der Waals surface area contributed by atoms with E-state index >= 15 is 0 Å². The summed E-state index contributed by atoms with van der Waals surface area (Å²) in [5, 5.41) is 0. The van der Waals surface area contributed by atoms with Crippen LogP contribution >= 0.6 is 0 Å². The molecule has 2 aromatic rings. The lowest BCUT2D eigenvalue weighted by Crippen LogP contribution is -2.33. The quantitative estimate of drug-likeness (QED) is 0.648. The second-order valence-electron chi connectivity index (χ2n) is 9.14. The Labute approximate surface area is 164 Å². The van der Waals surface area contributed by atoms with Crippen molar-refractivity contribution in [2.75, 3.05) is 7.11 Å². The topological polar surface area (TPSA) is 31.4 Å². The number of hydrogen-bond acceptors (Lipinski definition) is 3. The van der Waals surface area contributed by atoms with Crippen LogP contribution in [-0.2, 0) is 13.0 Å². The molecule has 1 heterocycles. The Balaban J connectivity index is 1.95. The summed E-state index contributed by atoms with van der Waals surface area (Å²) in [5.41, 5.74) is 4.13. The molecule has 2 atom stereocenters. The fraction of sp³-hybridized carbons (Fsp3) is 0.542. The number of ether oxygens (including phenoxy) is 2. The highest BCUT2D eigenvalue weighted by molar-refractivity contribution is 5.50. The van der Waals surface area contributed by atoms with E-state index in [-0.39, 0.29) is 5.41 Å². The summed E-state index contributed by atoms with van der Waals surface area (Å²) < 4.78 is 11.8. The molecule has 0 saturated carbocycles. The molecule has 0 aliphatic heterocycles. The Kier molecular flexibility index (Phi) is 5.78. The van der Waals surface area contributed by atoms with Crippen LogP contribution in [0.3, 0.4) is 0 Å². The van der Waals surface area contributed by atoms with E-state index in [9.17, 15) is 0 Å². The standard InChI is InChI=1S/C24H33NO2/c1-16(2)19-10-9-18-12-22(27-15-17-8-7-11-25-14-17)21(26-6)13-20(18)23(19)24(3,4)5/h7-8,11-14,16,19,23H,9-10,15H2,1-6H3. The zero-order valence-corrected chi connectivity index (χ0v) is 17.6. The van der Waals surface area contributed by atoms with E-state index < -0.39 is 0 Å². The second kappa shape index (κ2) is 7.92. The van der Waals surface area contributed by atoms with Crippen molar-refractivity contribution in [3.63, 3.8) is 0 Å². The minimum Gasteiger partial charge on any atom is -0.493 e. The van der Waals surface area contributed by atoms with Gasteiger partial charge in [-0.15, -0.1) is 0 Å². The minimum atomic E-state index is 0.215. The summed E-state index contributed by atoms with van der Waals surface area (Å²) in [4.78, 5) is 4.16. The third-order valence-electron chi connectivity index (χ3n) is 5.84. The van der Waals surface area contributed by atoms with Gasteiger partial charge < -0.3 is 9.47 Å². The molecule has 1 aromatic carbocycles. The maximum Gasteiger partial charge on any atom is 0.161 e. The fourth-order valence-corrected chi connectivity index (χ4v) is 4.59. The summed E-state index contributed by atoms with van der Waals surface area (Å²) in [5.74, 6) is 3.56. The van der Waals surface area contributed by atoms with Gasteiger partial charge in [0.25, 0.3) is 0 Å². The van der Waals surface area contributed by atoms with Crippen LogP contribution in [0.25, 0.3) is 0 Å². The molecule has 1 aromatic heterocycles. The highest BCUT2D eigenvalue weighted by atomic mass is 16.5. The van der Waals surface area contributed by atoms with Gasteiger partial charge in [0.1, 0.15) is 6.61 Å². The SMILES string of the molecule is COc1cc2c(cc1OCc1cccnc1)CCC(C(C)C)C2C(C)(C)C. The number of benzene rings is 1. The Morgan fingerprint density at radius 2 is 1.96 bits per heavy atom. The molecule has 3 heteroatoms. The van der Waals surface area contributed by atoms with E-state index in [0.717, 1.165) is 23.5 Å².